The molecule has 0 unspecified atom stereocenters. The lowest BCUT2D eigenvalue weighted by Crippen LogP contribution is -2.18. The van der Waals surface area contributed by atoms with E-state index in [1.54, 1.807) is 13.1 Å². The summed E-state index contributed by atoms with van der Waals surface area (Å²) < 4.78 is 57.9. The summed E-state index contributed by atoms with van der Waals surface area (Å²) in [5.41, 5.74) is 7.01. The Kier molecular flexibility index (Phi) is 7.67. The van der Waals surface area contributed by atoms with Crippen molar-refractivity contribution in [2.45, 2.75) is 6.18 Å². The van der Waals surface area contributed by atoms with Gasteiger partial charge in [0.15, 0.2) is 5.75 Å². The van der Waals surface area contributed by atoms with Gasteiger partial charge in [-0.1, -0.05) is 23.2 Å². The average Bonchev–Trinajstić information content (AvgIpc) is 3.41. The maximum absolute atomic E-state index is 13.6. The van der Waals surface area contributed by atoms with Crippen LogP contribution in [-0.2, 0) is 13.2 Å². The quantitative estimate of drug-likeness (QED) is 0.266. The zero-order chi connectivity index (χ0) is 26.7. The van der Waals surface area contributed by atoms with Gasteiger partial charge in [-0.2, -0.15) is 18.3 Å². The van der Waals surface area contributed by atoms with E-state index < -0.39 is 23.8 Å². The number of anilines is 1. The van der Waals surface area contributed by atoms with Gasteiger partial charge in [0.1, 0.15) is 18.1 Å². The molecule has 0 aliphatic heterocycles. The van der Waals surface area contributed by atoms with Gasteiger partial charge in [-0.05, 0) is 42.5 Å². The molecule has 0 fully saturated rings. The first-order valence-electron chi connectivity index (χ1n) is 10.7. The first kappa shape index (κ1) is 26.4. The summed E-state index contributed by atoms with van der Waals surface area (Å²) in [5, 5.41) is 7.22. The number of nitrogens with two attached hydrogens (primary N) is 1. The van der Waals surface area contributed by atoms with E-state index in [4.69, 9.17) is 42.8 Å². The topological polar surface area (TPSA) is 105 Å². The van der Waals surface area contributed by atoms with Gasteiger partial charge in [0.05, 0.1) is 16.9 Å². The second-order valence-corrected chi connectivity index (χ2v) is 8.48. The Morgan fingerprint density at radius 2 is 1.86 bits per heavy atom. The van der Waals surface area contributed by atoms with Crippen LogP contribution in [0, 0.1) is 0 Å². The standard InChI is InChI=1S/C24H19Cl2F3N4O4/c1-33-21(17(26)12-31-33)16-10-15(6-7-18(16)35-9-8-30)32-23(34)37-20-11-19(36-22(20)24(27,28)29)13-2-4-14(25)5-3-13/h2-7,10-12H,8-9,30H2,1H3,(H,32,34). The molecule has 4 rings (SSSR count). The zero-order valence-electron chi connectivity index (χ0n) is 19.1. The number of benzene rings is 2. The number of carbonyl (C=O) groups excluding carboxylic acids is 1. The van der Waals surface area contributed by atoms with Crippen LogP contribution in [0.2, 0.25) is 10.0 Å². The van der Waals surface area contributed by atoms with E-state index in [-0.39, 0.29) is 24.6 Å². The van der Waals surface area contributed by atoms with E-state index in [2.05, 4.69) is 10.4 Å². The molecule has 37 heavy (non-hydrogen) atoms. The highest BCUT2D eigenvalue weighted by atomic mass is 35.5. The second kappa shape index (κ2) is 10.8. The Morgan fingerprint density at radius 3 is 2.49 bits per heavy atom. The molecule has 3 N–H and O–H groups in total. The molecule has 8 nitrogen and oxygen atoms in total. The Bertz CT molecular complexity index is 1400. The molecule has 0 aliphatic carbocycles. The number of furan rings is 1. The molecule has 194 valence electrons. The van der Waals surface area contributed by atoms with Crippen molar-refractivity contribution in [2.24, 2.45) is 12.8 Å². The minimum atomic E-state index is -4.91. The molecular weight excluding hydrogens is 536 g/mol. The maximum Gasteiger partial charge on any atom is 0.453 e. The van der Waals surface area contributed by atoms with Crippen LogP contribution in [0.3, 0.4) is 0 Å². The number of nitrogens with zero attached hydrogens (tertiary/aromatic N) is 2. The van der Waals surface area contributed by atoms with Crippen molar-refractivity contribution >= 4 is 35.0 Å². The van der Waals surface area contributed by atoms with Gasteiger partial charge in [0.2, 0.25) is 0 Å². The van der Waals surface area contributed by atoms with Gasteiger partial charge >= 0.3 is 12.3 Å². The molecule has 0 bridgehead atoms. The van der Waals surface area contributed by atoms with Crippen LogP contribution in [0.5, 0.6) is 11.5 Å². The first-order chi connectivity index (χ1) is 17.6. The summed E-state index contributed by atoms with van der Waals surface area (Å²) in [4.78, 5) is 12.6. The Labute approximate surface area is 218 Å². The van der Waals surface area contributed by atoms with E-state index in [0.29, 0.717) is 32.6 Å². The minimum absolute atomic E-state index is 0.152. The molecule has 13 heteroatoms. The number of rotatable bonds is 7. The lowest BCUT2D eigenvalue weighted by atomic mass is 10.1. The average molecular weight is 555 g/mol. The molecule has 0 radical (unpaired) electrons. The summed E-state index contributed by atoms with van der Waals surface area (Å²) in [6.45, 7) is 0.475. The maximum atomic E-state index is 13.6. The van der Waals surface area contributed by atoms with Crippen LogP contribution in [0.25, 0.3) is 22.6 Å². The van der Waals surface area contributed by atoms with Crippen LogP contribution < -0.4 is 20.5 Å². The molecule has 1 amide bonds. The Balaban J connectivity index is 1.61. The highest BCUT2D eigenvalue weighted by Crippen LogP contribution is 2.42. The number of ether oxygens (including phenoxy) is 2. The molecular formula is C24H19Cl2F3N4O4. The Hall–Kier alpha value is -3.67. The van der Waals surface area contributed by atoms with Gasteiger partial charge < -0.3 is 19.6 Å². The van der Waals surface area contributed by atoms with E-state index in [1.165, 1.54) is 47.3 Å². The molecule has 4 aromatic rings. The largest absolute Gasteiger partial charge is 0.492 e. The number of carbonyl (C=O) groups is 1. The summed E-state index contributed by atoms with van der Waals surface area (Å²) in [5.74, 6) is -1.99. The molecule has 0 atom stereocenters. The monoisotopic (exact) mass is 554 g/mol. The molecule has 0 aliphatic rings. The predicted molar refractivity (Wildman–Crippen MR) is 132 cm³/mol. The fourth-order valence-corrected chi connectivity index (χ4v) is 3.84. The third kappa shape index (κ3) is 6.01. The fraction of sp³-hybridized carbons (Fsp3) is 0.167. The van der Waals surface area contributed by atoms with Crippen LogP contribution in [0.1, 0.15) is 5.76 Å². The van der Waals surface area contributed by atoms with Crippen molar-refractivity contribution in [3.63, 3.8) is 0 Å². The van der Waals surface area contributed by atoms with E-state index >= 15 is 0 Å². The third-order valence-electron chi connectivity index (χ3n) is 5.04. The molecule has 0 saturated heterocycles. The number of hydrogen-bond acceptors (Lipinski definition) is 6. The minimum Gasteiger partial charge on any atom is -0.492 e. The van der Waals surface area contributed by atoms with E-state index in [9.17, 15) is 18.0 Å². The highest BCUT2D eigenvalue weighted by molar-refractivity contribution is 6.33. The zero-order valence-corrected chi connectivity index (χ0v) is 20.6. The van der Waals surface area contributed by atoms with Crippen LogP contribution >= 0.6 is 23.2 Å². The number of amides is 1. The number of halogens is 5. The number of hydrogen-bond donors (Lipinski definition) is 2. The first-order valence-corrected chi connectivity index (χ1v) is 11.4. The number of aryl methyl sites for hydroxylation is 1. The van der Waals surface area contributed by atoms with Crippen LogP contribution in [-0.4, -0.2) is 29.0 Å². The lowest BCUT2D eigenvalue weighted by Gasteiger charge is -2.14. The summed E-state index contributed by atoms with van der Waals surface area (Å²) >= 11 is 12.1. The van der Waals surface area contributed by atoms with Crippen molar-refractivity contribution in [1.82, 2.24) is 9.78 Å². The van der Waals surface area contributed by atoms with Crippen molar-refractivity contribution in [2.75, 3.05) is 18.5 Å². The SMILES string of the molecule is Cn1ncc(Cl)c1-c1cc(NC(=O)Oc2cc(-c3ccc(Cl)cc3)oc2C(F)(F)F)ccc1OCCN. The van der Waals surface area contributed by atoms with Crippen molar-refractivity contribution in [1.29, 1.82) is 0 Å². The molecule has 2 aromatic carbocycles. The molecule has 2 heterocycles. The second-order valence-electron chi connectivity index (χ2n) is 7.64. The van der Waals surface area contributed by atoms with Gasteiger partial charge in [0.25, 0.3) is 5.76 Å². The van der Waals surface area contributed by atoms with Crippen LogP contribution in [0.15, 0.2) is 59.1 Å². The van der Waals surface area contributed by atoms with Gasteiger partial charge in [-0.15, -0.1) is 0 Å². The van der Waals surface area contributed by atoms with Crippen molar-refractivity contribution in [3.05, 3.63) is 70.5 Å². The smallest absolute Gasteiger partial charge is 0.453 e. The molecule has 0 saturated carbocycles. The highest BCUT2D eigenvalue weighted by Gasteiger charge is 2.40. The van der Waals surface area contributed by atoms with E-state index in [0.717, 1.165) is 6.07 Å². The van der Waals surface area contributed by atoms with E-state index in [1.807, 2.05) is 0 Å². The number of aromatic nitrogens is 2. The lowest BCUT2D eigenvalue weighted by molar-refractivity contribution is -0.153. The predicted octanol–water partition coefficient (Wildman–Crippen LogP) is 6.62. The van der Waals surface area contributed by atoms with Crippen molar-refractivity contribution < 1.29 is 31.9 Å². The molecule has 2 aromatic heterocycles. The number of nitrogens with one attached hydrogen (secondary N) is 1. The Morgan fingerprint density at radius 1 is 1.14 bits per heavy atom. The van der Waals surface area contributed by atoms with Crippen molar-refractivity contribution in [3.8, 4) is 34.1 Å². The van der Waals surface area contributed by atoms with Gasteiger partial charge in [0, 0.05) is 41.5 Å². The van der Waals surface area contributed by atoms with Crippen LogP contribution in [0.4, 0.5) is 23.7 Å². The number of alkyl halides is 3. The normalized spacial score (nSPS) is 11.4. The third-order valence-corrected chi connectivity index (χ3v) is 5.57. The molecule has 0 spiro atoms. The fourth-order valence-electron chi connectivity index (χ4n) is 3.45. The van der Waals surface area contributed by atoms with Gasteiger partial charge in [-0.3, -0.25) is 10.00 Å². The summed E-state index contributed by atoms with van der Waals surface area (Å²) in [7, 11) is 1.66. The summed E-state index contributed by atoms with van der Waals surface area (Å²) in [6.07, 6.45) is -4.65. The van der Waals surface area contributed by atoms with Gasteiger partial charge in [-0.25, -0.2) is 4.79 Å². The summed E-state index contributed by atoms with van der Waals surface area (Å²) in [6, 6.07) is 11.5.